The van der Waals surface area contributed by atoms with Crippen molar-refractivity contribution in [2.75, 3.05) is 0 Å². The van der Waals surface area contributed by atoms with E-state index in [0.29, 0.717) is 11.1 Å². The zero-order chi connectivity index (χ0) is 13.3. The second-order valence-electron chi connectivity index (χ2n) is 5.55. The molecule has 0 aliphatic carbocycles. The van der Waals surface area contributed by atoms with Gasteiger partial charge in [-0.05, 0) is 23.5 Å². The second kappa shape index (κ2) is 4.49. The lowest BCUT2D eigenvalue weighted by Crippen LogP contribution is -2.38. The average Bonchev–Trinajstić information content (AvgIpc) is 2.15. The van der Waals surface area contributed by atoms with Crippen LogP contribution in [0.3, 0.4) is 0 Å². The predicted molar refractivity (Wildman–Crippen MR) is 66.8 cm³/mol. The van der Waals surface area contributed by atoms with E-state index in [1.165, 1.54) is 0 Å². The molecule has 1 unspecified atom stereocenters. The van der Waals surface area contributed by atoms with Crippen LogP contribution in [0.2, 0.25) is 0 Å². The van der Waals surface area contributed by atoms with E-state index in [4.69, 9.17) is 5.11 Å². The SMILES string of the molecule is CC(C)(C)C(C)(O)c1ccccc1CC(=O)O. The van der Waals surface area contributed by atoms with Crippen molar-refractivity contribution in [3.05, 3.63) is 35.4 Å². The molecule has 3 heteroatoms. The molecule has 1 atom stereocenters. The second-order valence-corrected chi connectivity index (χ2v) is 5.55. The largest absolute Gasteiger partial charge is 0.481 e. The molecule has 0 aliphatic rings. The molecule has 0 bridgehead atoms. The summed E-state index contributed by atoms with van der Waals surface area (Å²) in [5, 5.41) is 19.5. The van der Waals surface area contributed by atoms with E-state index in [1.807, 2.05) is 26.8 Å². The number of aliphatic carboxylic acids is 1. The van der Waals surface area contributed by atoms with Crippen LogP contribution in [0, 0.1) is 5.41 Å². The minimum Gasteiger partial charge on any atom is -0.481 e. The molecule has 94 valence electrons. The molecule has 1 aromatic rings. The normalized spacial score (nSPS) is 15.4. The summed E-state index contributed by atoms with van der Waals surface area (Å²) in [5.41, 5.74) is -0.0597. The zero-order valence-corrected chi connectivity index (χ0v) is 10.8. The molecule has 0 spiro atoms. The van der Waals surface area contributed by atoms with E-state index in [-0.39, 0.29) is 11.8 Å². The maximum Gasteiger partial charge on any atom is 0.307 e. The molecule has 0 heterocycles. The molecule has 17 heavy (non-hydrogen) atoms. The molecule has 0 aliphatic heterocycles. The van der Waals surface area contributed by atoms with E-state index in [9.17, 15) is 9.90 Å². The first-order chi connectivity index (χ1) is 7.66. The number of hydrogen-bond acceptors (Lipinski definition) is 2. The standard InChI is InChI=1S/C14H20O3/c1-13(2,3)14(4,17)11-8-6-5-7-10(11)9-12(15)16/h5-8,17H,9H2,1-4H3,(H,15,16). The first kappa shape index (κ1) is 13.7. The molecule has 0 aromatic heterocycles. The molecule has 0 saturated heterocycles. The number of carboxylic acids is 1. The Morgan fingerprint density at radius 2 is 1.71 bits per heavy atom. The topological polar surface area (TPSA) is 57.5 Å². The summed E-state index contributed by atoms with van der Waals surface area (Å²) >= 11 is 0. The first-order valence-electron chi connectivity index (χ1n) is 5.69. The molecule has 0 saturated carbocycles. The fourth-order valence-electron chi connectivity index (χ4n) is 1.72. The van der Waals surface area contributed by atoms with Gasteiger partial charge in [0.15, 0.2) is 0 Å². The number of hydrogen-bond donors (Lipinski definition) is 2. The maximum atomic E-state index is 10.8. The van der Waals surface area contributed by atoms with E-state index < -0.39 is 11.6 Å². The number of benzene rings is 1. The summed E-state index contributed by atoms with van der Waals surface area (Å²) < 4.78 is 0. The van der Waals surface area contributed by atoms with Gasteiger partial charge in [0.2, 0.25) is 0 Å². The molecular weight excluding hydrogens is 216 g/mol. The van der Waals surface area contributed by atoms with Gasteiger partial charge >= 0.3 is 5.97 Å². The highest BCUT2D eigenvalue weighted by molar-refractivity contribution is 5.71. The Morgan fingerprint density at radius 1 is 1.18 bits per heavy atom. The van der Waals surface area contributed by atoms with Gasteiger partial charge in [0.1, 0.15) is 0 Å². The molecule has 0 amide bonds. The lowest BCUT2D eigenvalue weighted by molar-refractivity contribution is -0.136. The number of carboxylic acid groups (broad SMARTS) is 1. The third-order valence-electron chi connectivity index (χ3n) is 3.34. The molecule has 1 aromatic carbocycles. The summed E-state index contributed by atoms with van der Waals surface area (Å²) in [6.45, 7) is 7.54. The lowest BCUT2D eigenvalue weighted by atomic mass is 9.72. The summed E-state index contributed by atoms with van der Waals surface area (Å²) in [5.74, 6) is -0.887. The Kier molecular flexibility index (Phi) is 3.62. The predicted octanol–water partition coefficient (Wildman–Crippen LogP) is 2.57. The summed E-state index contributed by atoms with van der Waals surface area (Å²) in [7, 11) is 0. The average molecular weight is 236 g/mol. The quantitative estimate of drug-likeness (QED) is 0.848. The Labute approximate surface area is 102 Å². The van der Waals surface area contributed by atoms with Crippen molar-refractivity contribution in [3.63, 3.8) is 0 Å². The molecule has 1 rings (SSSR count). The molecule has 0 radical (unpaired) electrons. The maximum absolute atomic E-state index is 10.8. The highest BCUT2D eigenvalue weighted by atomic mass is 16.4. The minimum absolute atomic E-state index is 0.0671. The monoisotopic (exact) mass is 236 g/mol. The molecule has 3 nitrogen and oxygen atoms in total. The van der Waals surface area contributed by atoms with E-state index in [2.05, 4.69) is 0 Å². The van der Waals surface area contributed by atoms with Crippen molar-refractivity contribution in [2.45, 2.75) is 39.7 Å². The van der Waals surface area contributed by atoms with E-state index in [0.717, 1.165) is 0 Å². The van der Waals surface area contributed by atoms with Crippen molar-refractivity contribution in [2.24, 2.45) is 5.41 Å². The van der Waals surface area contributed by atoms with Crippen LogP contribution in [0.15, 0.2) is 24.3 Å². The first-order valence-corrected chi connectivity index (χ1v) is 5.69. The number of rotatable bonds is 3. The van der Waals surface area contributed by atoms with Crippen LogP contribution in [-0.2, 0) is 16.8 Å². The Hall–Kier alpha value is -1.35. The molecular formula is C14H20O3. The highest BCUT2D eigenvalue weighted by Gasteiger charge is 2.38. The van der Waals surface area contributed by atoms with Gasteiger partial charge in [-0.15, -0.1) is 0 Å². The van der Waals surface area contributed by atoms with Crippen LogP contribution < -0.4 is 0 Å². The van der Waals surface area contributed by atoms with Crippen LogP contribution in [0.5, 0.6) is 0 Å². The van der Waals surface area contributed by atoms with Crippen LogP contribution in [0.25, 0.3) is 0 Å². The zero-order valence-electron chi connectivity index (χ0n) is 10.8. The van der Waals surface area contributed by atoms with Crippen molar-refractivity contribution in [1.29, 1.82) is 0 Å². The van der Waals surface area contributed by atoms with Gasteiger partial charge in [-0.25, -0.2) is 0 Å². The third-order valence-corrected chi connectivity index (χ3v) is 3.34. The van der Waals surface area contributed by atoms with Crippen molar-refractivity contribution >= 4 is 5.97 Å². The van der Waals surface area contributed by atoms with E-state index >= 15 is 0 Å². The van der Waals surface area contributed by atoms with Gasteiger partial charge in [-0.1, -0.05) is 45.0 Å². The lowest BCUT2D eigenvalue weighted by Gasteiger charge is -2.38. The van der Waals surface area contributed by atoms with Gasteiger partial charge in [0.05, 0.1) is 12.0 Å². The summed E-state index contributed by atoms with van der Waals surface area (Å²) in [4.78, 5) is 10.8. The van der Waals surface area contributed by atoms with Crippen LogP contribution >= 0.6 is 0 Å². The fraction of sp³-hybridized carbons (Fsp3) is 0.500. The van der Waals surface area contributed by atoms with Crippen LogP contribution in [0.1, 0.15) is 38.8 Å². The number of aliphatic hydroxyl groups is 1. The third kappa shape index (κ3) is 2.86. The smallest absolute Gasteiger partial charge is 0.307 e. The van der Waals surface area contributed by atoms with Crippen molar-refractivity contribution in [1.82, 2.24) is 0 Å². The minimum atomic E-state index is -1.06. The van der Waals surface area contributed by atoms with E-state index in [1.54, 1.807) is 25.1 Å². The van der Waals surface area contributed by atoms with Gasteiger partial charge in [-0.2, -0.15) is 0 Å². The van der Waals surface area contributed by atoms with Crippen LogP contribution in [-0.4, -0.2) is 16.2 Å². The highest BCUT2D eigenvalue weighted by Crippen LogP contribution is 2.40. The summed E-state index contributed by atoms with van der Waals surface area (Å²) in [6, 6.07) is 7.16. The summed E-state index contributed by atoms with van der Waals surface area (Å²) in [6.07, 6.45) is -0.0671. The van der Waals surface area contributed by atoms with Gasteiger partial charge < -0.3 is 10.2 Å². The number of carbonyl (C=O) groups is 1. The Bertz CT molecular complexity index is 414. The fourth-order valence-corrected chi connectivity index (χ4v) is 1.72. The Balaban J connectivity index is 3.26. The molecule has 2 N–H and O–H groups in total. The van der Waals surface area contributed by atoms with Crippen LogP contribution in [0.4, 0.5) is 0 Å². The molecule has 0 fully saturated rings. The van der Waals surface area contributed by atoms with Gasteiger partial charge in [0.25, 0.3) is 0 Å². The van der Waals surface area contributed by atoms with Crippen molar-refractivity contribution in [3.8, 4) is 0 Å². The van der Waals surface area contributed by atoms with Gasteiger partial charge in [-0.3, -0.25) is 4.79 Å². The Morgan fingerprint density at radius 3 is 2.18 bits per heavy atom. The van der Waals surface area contributed by atoms with Gasteiger partial charge in [0, 0.05) is 0 Å². The van der Waals surface area contributed by atoms with Crippen molar-refractivity contribution < 1.29 is 15.0 Å².